The van der Waals surface area contributed by atoms with E-state index in [0.717, 1.165) is 11.1 Å². The molecule has 0 fully saturated rings. The number of carbonyl (C=O) groups is 2. The molecule has 0 aliphatic carbocycles. The van der Waals surface area contributed by atoms with Gasteiger partial charge in [-0.3, -0.25) is 0 Å². The third-order valence-electron chi connectivity index (χ3n) is 2.80. The summed E-state index contributed by atoms with van der Waals surface area (Å²) in [5.74, 6) is -1.27. The van der Waals surface area contributed by atoms with Crippen LogP contribution in [0.25, 0.3) is 0 Å². The Morgan fingerprint density at radius 2 is 1.05 bits per heavy atom. The molecule has 0 aliphatic rings. The van der Waals surface area contributed by atoms with Crippen LogP contribution in [0.15, 0.2) is 60.7 Å². The Bertz CT molecular complexity index is 558. The first kappa shape index (κ1) is 15.9. The van der Waals surface area contributed by atoms with Gasteiger partial charge in [0, 0.05) is 0 Å². The van der Waals surface area contributed by atoms with Crippen LogP contribution in [0, 0.1) is 0 Å². The minimum atomic E-state index is -0.668. The van der Waals surface area contributed by atoms with E-state index in [4.69, 9.17) is 4.74 Å². The quantitative estimate of drug-likeness (QED) is 0.427. The molecule has 21 heavy (non-hydrogen) atoms. The van der Waals surface area contributed by atoms with Crippen LogP contribution in [0.1, 0.15) is 20.8 Å². The molecule has 2 atom stereocenters. The third kappa shape index (κ3) is 4.25. The van der Waals surface area contributed by atoms with Crippen LogP contribution < -0.4 is 0 Å². The van der Waals surface area contributed by atoms with E-state index < -0.39 is 21.6 Å². The van der Waals surface area contributed by atoms with Gasteiger partial charge >= 0.3 is 11.9 Å². The zero-order chi connectivity index (χ0) is 15.2. The fourth-order valence-corrected chi connectivity index (χ4v) is 2.52. The Hall–Kier alpha value is -1.46. The molecule has 2 aromatic carbocycles. The van der Waals surface area contributed by atoms with Crippen LogP contribution in [0.5, 0.6) is 0 Å². The molecule has 0 amide bonds. The van der Waals surface area contributed by atoms with Crippen LogP contribution >= 0.6 is 31.9 Å². The van der Waals surface area contributed by atoms with Gasteiger partial charge in [-0.1, -0.05) is 92.5 Å². The molecule has 2 unspecified atom stereocenters. The number of benzene rings is 2. The van der Waals surface area contributed by atoms with Crippen LogP contribution in [0.2, 0.25) is 0 Å². The lowest BCUT2D eigenvalue weighted by atomic mass is 10.1. The van der Waals surface area contributed by atoms with Crippen molar-refractivity contribution < 1.29 is 14.3 Å². The second-order valence-corrected chi connectivity index (χ2v) is 6.12. The van der Waals surface area contributed by atoms with Gasteiger partial charge in [-0.25, -0.2) is 9.59 Å². The van der Waals surface area contributed by atoms with Crippen molar-refractivity contribution >= 4 is 43.8 Å². The van der Waals surface area contributed by atoms with Crippen molar-refractivity contribution in [3.05, 3.63) is 71.8 Å². The lowest BCUT2D eigenvalue weighted by molar-refractivity contribution is -0.158. The van der Waals surface area contributed by atoms with E-state index in [1.54, 1.807) is 24.3 Å². The molecular weight excluding hydrogens is 400 g/mol. The molecule has 0 saturated heterocycles. The fourth-order valence-electron chi connectivity index (χ4n) is 1.72. The number of hydrogen-bond acceptors (Lipinski definition) is 3. The summed E-state index contributed by atoms with van der Waals surface area (Å²) >= 11 is 6.49. The highest BCUT2D eigenvalue weighted by Crippen LogP contribution is 2.27. The molecule has 0 aliphatic heterocycles. The van der Waals surface area contributed by atoms with Crippen LogP contribution in [-0.4, -0.2) is 11.9 Å². The van der Waals surface area contributed by atoms with Gasteiger partial charge in [0.05, 0.1) is 0 Å². The van der Waals surface area contributed by atoms with Gasteiger partial charge in [0.25, 0.3) is 0 Å². The van der Waals surface area contributed by atoms with Gasteiger partial charge in [-0.2, -0.15) is 0 Å². The summed E-state index contributed by atoms with van der Waals surface area (Å²) in [5.41, 5.74) is 1.47. The van der Waals surface area contributed by atoms with Crippen molar-refractivity contribution in [3.8, 4) is 0 Å². The molecule has 108 valence electrons. The van der Waals surface area contributed by atoms with Gasteiger partial charge in [-0.05, 0) is 11.1 Å². The molecule has 3 nitrogen and oxygen atoms in total. The molecule has 0 saturated carbocycles. The van der Waals surface area contributed by atoms with E-state index in [9.17, 15) is 9.59 Å². The summed E-state index contributed by atoms with van der Waals surface area (Å²) in [6.45, 7) is 0. The number of hydrogen-bond donors (Lipinski definition) is 0. The summed E-state index contributed by atoms with van der Waals surface area (Å²) in [7, 11) is 0. The topological polar surface area (TPSA) is 43.4 Å². The molecule has 0 radical (unpaired) electrons. The Labute approximate surface area is 139 Å². The highest BCUT2D eigenvalue weighted by atomic mass is 79.9. The maximum Gasteiger partial charge on any atom is 0.331 e. The van der Waals surface area contributed by atoms with Crippen molar-refractivity contribution in [1.29, 1.82) is 0 Å². The molecule has 0 aromatic heterocycles. The lowest BCUT2D eigenvalue weighted by Crippen LogP contribution is -2.19. The van der Waals surface area contributed by atoms with E-state index in [2.05, 4.69) is 31.9 Å². The first-order chi connectivity index (χ1) is 10.1. The van der Waals surface area contributed by atoms with Crippen molar-refractivity contribution in [2.45, 2.75) is 9.65 Å². The average Bonchev–Trinajstić information content (AvgIpc) is 2.55. The minimum absolute atomic E-state index is 0.633. The Balaban J connectivity index is 2.01. The number of rotatable bonds is 4. The van der Waals surface area contributed by atoms with Crippen LogP contribution in [-0.2, 0) is 14.3 Å². The van der Waals surface area contributed by atoms with E-state index in [1.807, 2.05) is 36.4 Å². The van der Waals surface area contributed by atoms with Crippen molar-refractivity contribution in [2.24, 2.45) is 0 Å². The largest absolute Gasteiger partial charge is 0.391 e. The van der Waals surface area contributed by atoms with Crippen LogP contribution in [0.3, 0.4) is 0 Å². The Morgan fingerprint density at radius 1 is 0.714 bits per heavy atom. The predicted octanol–water partition coefficient (Wildman–Crippen LogP) is 4.33. The number of esters is 2. The molecule has 5 heteroatoms. The minimum Gasteiger partial charge on any atom is -0.391 e. The summed E-state index contributed by atoms with van der Waals surface area (Å²) < 4.78 is 4.91. The lowest BCUT2D eigenvalue weighted by Gasteiger charge is -2.12. The van der Waals surface area contributed by atoms with Crippen molar-refractivity contribution in [1.82, 2.24) is 0 Å². The molecule has 2 rings (SSSR count). The Kier molecular flexibility index (Phi) is 5.70. The highest BCUT2D eigenvalue weighted by Gasteiger charge is 2.26. The number of alkyl halides is 2. The molecule has 2 aromatic rings. The Morgan fingerprint density at radius 3 is 1.38 bits per heavy atom. The highest BCUT2D eigenvalue weighted by molar-refractivity contribution is 9.09. The average molecular weight is 412 g/mol. The summed E-state index contributed by atoms with van der Waals surface area (Å²) in [5, 5.41) is 0. The fraction of sp³-hybridized carbons (Fsp3) is 0.125. The maximum atomic E-state index is 12.0. The van der Waals surface area contributed by atoms with Gasteiger partial charge in [0.1, 0.15) is 9.65 Å². The van der Waals surface area contributed by atoms with E-state index >= 15 is 0 Å². The number of carbonyl (C=O) groups excluding carboxylic acids is 2. The maximum absolute atomic E-state index is 12.0. The van der Waals surface area contributed by atoms with Crippen molar-refractivity contribution in [2.75, 3.05) is 0 Å². The summed E-state index contributed by atoms with van der Waals surface area (Å²) in [4.78, 5) is 22.6. The zero-order valence-electron chi connectivity index (χ0n) is 10.9. The molecule has 0 N–H and O–H groups in total. The second kappa shape index (κ2) is 7.52. The van der Waals surface area contributed by atoms with E-state index in [-0.39, 0.29) is 0 Å². The monoisotopic (exact) mass is 410 g/mol. The number of halogens is 2. The first-order valence-corrected chi connectivity index (χ1v) is 8.06. The third-order valence-corrected chi connectivity index (χ3v) is 4.60. The van der Waals surface area contributed by atoms with Crippen LogP contribution in [0.4, 0.5) is 0 Å². The van der Waals surface area contributed by atoms with E-state index in [1.165, 1.54) is 0 Å². The molecular formula is C16H12Br2O3. The first-order valence-electron chi connectivity index (χ1n) is 6.23. The predicted molar refractivity (Wildman–Crippen MR) is 87.3 cm³/mol. The molecule has 0 spiro atoms. The van der Waals surface area contributed by atoms with Gasteiger partial charge < -0.3 is 4.74 Å². The van der Waals surface area contributed by atoms with Gasteiger partial charge in [0.15, 0.2) is 0 Å². The van der Waals surface area contributed by atoms with Crippen molar-refractivity contribution in [3.63, 3.8) is 0 Å². The van der Waals surface area contributed by atoms with E-state index in [0.29, 0.717) is 0 Å². The standard InChI is InChI=1S/C16H12Br2O3/c17-13(11-7-3-1-4-8-11)15(19)21-16(20)14(18)12-9-5-2-6-10-12/h1-10,13-14H. The summed E-state index contributed by atoms with van der Waals surface area (Å²) in [6.07, 6.45) is 0. The SMILES string of the molecule is O=C(OC(=O)C(Br)c1ccccc1)C(Br)c1ccccc1. The normalized spacial score (nSPS) is 13.2. The zero-order valence-corrected chi connectivity index (χ0v) is 14.1. The number of ether oxygens (including phenoxy) is 1. The molecule has 0 bridgehead atoms. The summed E-state index contributed by atoms with van der Waals surface area (Å²) in [6, 6.07) is 18.1. The van der Waals surface area contributed by atoms with Gasteiger partial charge in [-0.15, -0.1) is 0 Å². The smallest absolute Gasteiger partial charge is 0.331 e. The molecule has 0 heterocycles. The second-order valence-electron chi connectivity index (χ2n) is 4.29. The van der Waals surface area contributed by atoms with Gasteiger partial charge in [0.2, 0.25) is 0 Å².